The number of aromatic amines is 1. The molecule has 32 heteroatoms. The van der Waals surface area contributed by atoms with Crippen molar-refractivity contribution in [3.05, 3.63) is 291 Å². The second kappa shape index (κ2) is 37.8. The molecule has 5 aliphatic rings. The van der Waals surface area contributed by atoms with E-state index in [1.165, 1.54) is 33.0 Å². The van der Waals surface area contributed by atoms with Crippen molar-refractivity contribution < 1.29 is 85.8 Å². The van der Waals surface area contributed by atoms with Crippen LogP contribution in [0, 0.1) is 6.57 Å². The third-order valence-electron chi connectivity index (χ3n) is 21.9. The highest BCUT2D eigenvalue weighted by molar-refractivity contribution is 7.55. The molecule has 5 amide bonds. The summed E-state index contributed by atoms with van der Waals surface area (Å²) in [6.07, 6.45) is -5.63. The van der Waals surface area contributed by atoms with Crippen molar-refractivity contribution in [2.24, 2.45) is 4.99 Å². The summed E-state index contributed by atoms with van der Waals surface area (Å²) in [7, 11) is 0.0774. The Morgan fingerprint density at radius 3 is 1.84 bits per heavy atom. The Morgan fingerprint density at radius 2 is 1.24 bits per heavy atom. The number of anilines is 1. The van der Waals surface area contributed by atoms with Gasteiger partial charge < -0.3 is 74.0 Å². The van der Waals surface area contributed by atoms with Crippen LogP contribution < -0.4 is 36.3 Å². The molecule has 0 radical (unpaired) electrons. The zero-order valence-corrected chi connectivity index (χ0v) is 67.2. The quantitative estimate of drug-likeness (QED) is 0.00819. The Kier molecular flexibility index (Phi) is 26.1. The lowest BCUT2D eigenvalue weighted by molar-refractivity contribution is -0.120. The summed E-state index contributed by atoms with van der Waals surface area (Å²) in [5.41, 5.74) is 9.56. The first-order valence-corrected chi connectivity index (χ1v) is 41.1. The van der Waals surface area contributed by atoms with Gasteiger partial charge in [-0.2, -0.15) is 14.4 Å². The lowest BCUT2D eigenvalue weighted by atomic mass is 9.80. The number of benzene rings is 8. The molecular weight excluding hydrogens is 1570 g/mol. The van der Waals surface area contributed by atoms with Gasteiger partial charge in [0.1, 0.15) is 73.5 Å². The molecule has 8 atom stereocenters. The lowest BCUT2D eigenvalue weighted by Crippen LogP contribution is -2.43. The maximum Gasteiger partial charge on any atom is 0.573 e. The number of amidine groups is 1. The number of aromatic nitrogens is 4. The number of nitrogens with one attached hydrogen (secondary N) is 5. The number of fused-ring (bicyclic) bond motifs is 7. The van der Waals surface area contributed by atoms with Gasteiger partial charge in [-0.15, -0.1) is 9.05 Å². The number of alkyl carbamates (subject to hydrolysis) is 1. The number of nitrogens with zero attached hydrogens (tertiary/aromatic N) is 7. The Labute approximate surface area is 696 Å². The molecule has 0 saturated carbocycles. The van der Waals surface area contributed by atoms with Crippen molar-refractivity contribution in [2.75, 3.05) is 79.3 Å². The first kappa shape index (κ1) is 83.5. The Bertz CT molecular complexity index is 5420. The van der Waals surface area contributed by atoms with Crippen molar-refractivity contribution in [1.29, 1.82) is 0 Å². The highest BCUT2D eigenvalue weighted by atomic mass is 31.2. The molecule has 5 heterocycles. The van der Waals surface area contributed by atoms with Gasteiger partial charge in [0, 0.05) is 76.0 Å². The summed E-state index contributed by atoms with van der Waals surface area (Å²) >= 11 is 0. The predicted octanol–water partition coefficient (Wildman–Crippen LogP) is 11.0. The number of carbonyl (C=O) groups excluding carboxylic acids is 5. The predicted molar refractivity (Wildman–Crippen MR) is 445 cm³/mol. The number of ether oxygens (including phenoxy) is 7. The number of methoxy groups -OCH3 is 2. The molecule has 2 aromatic heterocycles. The van der Waals surface area contributed by atoms with Crippen LogP contribution in [0.2, 0.25) is 0 Å². The maximum atomic E-state index is 13.9. The van der Waals surface area contributed by atoms with Gasteiger partial charge in [-0.25, -0.2) is 26.1 Å². The van der Waals surface area contributed by atoms with Crippen LogP contribution in [-0.4, -0.2) is 191 Å². The van der Waals surface area contributed by atoms with E-state index in [-0.39, 0.29) is 113 Å². The standard InChI is InChI=1S/C89H89N12O19P/c1-90-43-46-116-121(110,117-53-74-72(102)47-79(118-74)100-45-41-76(95-86(100)107)94-77(103)27-16-44-99(2)88(109)114-51-71-68-25-14-10-21-64(68)65-22-11-15-26-69(65)71)120-73-48-80(119-75(73)52-115-89(57-17-6-5-7-18-57,58-32-36-60(111-3)37-33-58)59-34-38-61(112-4)39-35-59)101-54-93-81-82(101)97-85(98-84(81)106)96-78(104)40-42-91-83(105)56-30-28-55(29-31-56)49-92-87(108)113-50-70-66-23-12-8-19-62(66)63-20-9-13-24-67(63)70/h5-15,17-26,28-39,41,45,54,70-75,79-80,86,102,107,110H,16,27,40,42-44,46-53H2,2-4H3,(H4-,91,92,94,95,96,97,98,103,104,105,106,108)/p+1/t72?,73?,74-,75-,79-,80-,86?,121?/m1/s1. The van der Waals surface area contributed by atoms with Crippen LogP contribution in [0.5, 0.6) is 11.5 Å². The normalized spacial score (nSPS) is 18.8. The van der Waals surface area contributed by atoms with Gasteiger partial charge in [-0.3, -0.25) is 34.0 Å². The molecule has 2 saturated heterocycles. The Balaban J connectivity index is 0.592. The summed E-state index contributed by atoms with van der Waals surface area (Å²) in [5, 5.41) is 33.8. The molecule has 0 spiro atoms. The molecule has 2 fully saturated rings. The van der Waals surface area contributed by atoms with Crippen LogP contribution in [0.4, 0.5) is 15.5 Å². The van der Waals surface area contributed by atoms with E-state index < -0.39 is 99.1 Å². The van der Waals surface area contributed by atoms with E-state index in [0.717, 1.165) is 44.5 Å². The number of amides is 5. The number of H-pyrrole nitrogens is 1. The minimum Gasteiger partial charge on any atom is -0.497 e. The number of rotatable bonds is 33. The van der Waals surface area contributed by atoms with Crippen LogP contribution in [0.1, 0.15) is 105 Å². The van der Waals surface area contributed by atoms with Gasteiger partial charge in [0.15, 0.2) is 17.8 Å². The number of hydrogen-bond donors (Lipinski definition) is 8. The second-order valence-electron chi connectivity index (χ2n) is 29.4. The summed E-state index contributed by atoms with van der Waals surface area (Å²) in [5.74, 6) is -0.775. The molecular formula is C89H90N12O19P+. The third-order valence-corrected chi connectivity index (χ3v) is 23.4. The van der Waals surface area contributed by atoms with Gasteiger partial charge in [0.05, 0.1) is 33.3 Å². The van der Waals surface area contributed by atoms with E-state index in [1.807, 2.05) is 127 Å². The maximum absolute atomic E-state index is 13.9. The number of carbonyl (C=O) groups is 5. The minimum absolute atomic E-state index is 0.0111. The van der Waals surface area contributed by atoms with Gasteiger partial charge >= 0.3 is 20.4 Å². The average molecular weight is 1660 g/mol. The number of aliphatic imine (C=N–C) groups is 1. The molecule has 8 aromatic carbocycles. The summed E-state index contributed by atoms with van der Waals surface area (Å²) in [4.78, 5) is 115. The first-order chi connectivity index (χ1) is 58.9. The van der Waals surface area contributed by atoms with Gasteiger partial charge in [-0.1, -0.05) is 164 Å². The lowest BCUT2D eigenvalue weighted by Gasteiger charge is -2.37. The van der Waals surface area contributed by atoms with Gasteiger partial charge in [-0.05, 0) is 116 Å². The zero-order valence-electron chi connectivity index (χ0n) is 66.3. The first-order valence-electron chi connectivity index (χ1n) is 39.6. The van der Waals surface area contributed by atoms with Crippen molar-refractivity contribution in [3.63, 3.8) is 0 Å². The molecule has 8 N–H and O–H groups in total. The van der Waals surface area contributed by atoms with Crippen LogP contribution in [-0.2, 0) is 59.0 Å². The third kappa shape index (κ3) is 18.9. The molecule has 624 valence electrons. The van der Waals surface area contributed by atoms with Gasteiger partial charge in [0.25, 0.3) is 11.5 Å². The Hall–Kier alpha value is -12.6. The topological polar surface area (TPSA) is 373 Å². The minimum atomic E-state index is -4.64. The molecule has 3 aliphatic heterocycles. The second-order valence-corrected chi connectivity index (χ2v) is 31.1. The van der Waals surface area contributed by atoms with Crippen molar-refractivity contribution in [3.8, 4) is 33.8 Å². The molecule has 10 aromatic rings. The number of imidazole rings is 1. The SMILES string of the molecule is [C-]#[N+]CCO[P+](O)(OC[C@H]1O[C@@H](N2C=CC(NC(=O)CCCN(C)C(=O)OCC3c4ccccc4-c4ccccc43)=NC2O)CC1O)OC1C[C@H](n2cnc3c(=O)[nH]c(NC(=O)CCNC(=O)c4ccc(CNC(=O)OCC5c6ccccc6-c6ccccc65)cc4)nc32)O[C@@H]1COC(c1ccccc1)(c1ccc(OC)cc1)c1ccc(OC)cc1. The smallest absolute Gasteiger partial charge is 0.497 e. The summed E-state index contributed by atoms with van der Waals surface area (Å²) < 4.78 is 63.6. The van der Waals surface area contributed by atoms with E-state index in [9.17, 15) is 43.9 Å². The Morgan fingerprint density at radius 1 is 0.661 bits per heavy atom. The molecule has 0 bridgehead atoms. The van der Waals surface area contributed by atoms with E-state index >= 15 is 0 Å². The molecule has 4 unspecified atom stereocenters. The van der Waals surface area contributed by atoms with Crippen LogP contribution in [0.15, 0.2) is 229 Å². The number of aliphatic hydroxyl groups excluding tert-OH is 2. The fraction of sp³-hybridized carbons (Fsp3) is 0.303. The van der Waals surface area contributed by atoms with E-state index in [2.05, 4.69) is 70.3 Å². The highest BCUT2D eigenvalue weighted by Crippen LogP contribution is 2.61. The van der Waals surface area contributed by atoms with Crippen LogP contribution >= 0.6 is 8.17 Å². The van der Waals surface area contributed by atoms with Crippen LogP contribution in [0.3, 0.4) is 0 Å². The highest BCUT2D eigenvalue weighted by Gasteiger charge is 2.55. The zero-order chi connectivity index (χ0) is 84.2. The molecule has 121 heavy (non-hydrogen) atoms. The monoisotopic (exact) mass is 1660 g/mol. The summed E-state index contributed by atoms with van der Waals surface area (Å²) in [6, 6.07) is 63.0. The van der Waals surface area contributed by atoms with Crippen molar-refractivity contribution >= 4 is 61.0 Å². The van der Waals surface area contributed by atoms with E-state index in [0.29, 0.717) is 45.7 Å². The largest absolute Gasteiger partial charge is 0.573 e. The fourth-order valence-electron chi connectivity index (χ4n) is 15.7. The number of hydrogen-bond acceptors (Lipinski definition) is 23. The van der Waals surface area contributed by atoms with Crippen molar-refractivity contribution in [1.82, 2.24) is 45.3 Å². The number of aliphatic hydroxyl groups is 2. The van der Waals surface area contributed by atoms with Crippen LogP contribution in [0.25, 0.3) is 38.3 Å². The van der Waals surface area contributed by atoms with Gasteiger partial charge in [0.2, 0.25) is 30.7 Å². The summed E-state index contributed by atoms with van der Waals surface area (Å²) in [6.45, 7) is 6.69. The van der Waals surface area contributed by atoms with E-state index in [1.54, 1.807) is 69.8 Å². The molecule has 15 rings (SSSR count). The average Bonchev–Trinajstić information content (AvgIpc) is 1.42. The molecule has 31 nitrogen and oxygen atoms in total. The van der Waals surface area contributed by atoms with Crippen molar-refractivity contribution in [2.45, 2.75) is 99.3 Å². The molecule has 2 aliphatic carbocycles. The fourth-order valence-corrected chi connectivity index (χ4v) is 17.2. The van der Waals surface area contributed by atoms with E-state index in [4.69, 9.17) is 53.3 Å².